The minimum absolute atomic E-state index is 0.148. The SMILES string of the molecule is CSCCCNc1cccc(C(=O)O)c1N. The van der Waals surface area contributed by atoms with Crippen LogP contribution in [0.4, 0.5) is 11.4 Å². The Morgan fingerprint density at radius 3 is 2.94 bits per heavy atom. The van der Waals surface area contributed by atoms with Gasteiger partial charge >= 0.3 is 5.97 Å². The molecule has 4 nitrogen and oxygen atoms in total. The van der Waals surface area contributed by atoms with E-state index in [2.05, 4.69) is 11.6 Å². The summed E-state index contributed by atoms with van der Waals surface area (Å²) in [5.74, 6) is 0.0798. The molecule has 1 aromatic rings. The maximum Gasteiger partial charge on any atom is 0.337 e. The number of anilines is 2. The molecular formula is C11H16N2O2S. The highest BCUT2D eigenvalue weighted by Gasteiger charge is 2.10. The van der Waals surface area contributed by atoms with Crippen molar-refractivity contribution in [2.45, 2.75) is 6.42 Å². The molecule has 0 heterocycles. The van der Waals surface area contributed by atoms with E-state index in [1.54, 1.807) is 23.9 Å². The Labute approximate surface area is 99.2 Å². The number of hydrogen-bond donors (Lipinski definition) is 3. The van der Waals surface area contributed by atoms with Crippen LogP contribution in [0, 0.1) is 0 Å². The van der Waals surface area contributed by atoms with Crippen molar-refractivity contribution in [3.05, 3.63) is 23.8 Å². The van der Waals surface area contributed by atoms with Crippen LogP contribution >= 0.6 is 11.8 Å². The topological polar surface area (TPSA) is 75.3 Å². The van der Waals surface area contributed by atoms with Crippen molar-refractivity contribution in [3.8, 4) is 0 Å². The molecule has 0 atom stereocenters. The van der Waals surface area contributed by atoms with Crippen molar-refractivity contribution in [2.75, 3.05) is 29.6 Å². The van der Waals surface area contributed by atoms with Gasteiger partial charge in [-0.15, -0.1) is 0 Å². The van der Waals surface area contributed by atoms with Crippen molar-refractivity contribution in [2.24, 2.45) is 0 Å². The number of nitrogen functional groups attached to an aromatic ring is 1. The molecule has 16 heavy (non-hydrogen) atoms. The van der Waals surface area contributed by atoms with Gasteiger partial charge in [0.05, 0.1) is 16.9 Å². The van der Waals surface area contributed by atoms with Crippen molar-refractivity contribution in [1.82, 2.24) is 0 Å². The van der Waals surface area contributed by atoms with E-state index in [1.807, 2.05) is 0 Å². The Kier molecular flexibility index (Phi) is 4.98. The number of carboxylic acid groups (broad SMARTS) is 1. The second-order valence-corrected chi connectivity index (χ2v) is 4.33. The van der Waals surface area contributed by atoms with Gasteiger partial charge in [0.2, 0.25) is 0 Å². The monoisotopic (exact) mass is 240 g/mol. The van der Waals surface area contributed by atoms with Gasteiger partial charge in [-0.25, -0.2) is 4.79 Å². The zero-order chi connectivity index (χ0) is 12.0. The summed E-state index contributed by atoms with van der Waals surface area (Å²) in [5, 5.41) is 12.0. The zero-order valence-corrected chi connectivity index (χ0v) is 10.0. The molecule has 0 radical (unpaired) electrons. The van der Waals surface area contributed by atoms with Gasteiger partial charge in [0, 0.05) is 6.54 Å². The third-order valence-corrected chi connectivity index (χ3v) is 2.87. The Hall–Kier alpha value is -1.36. The van der Waals surface area contributed by atoms with E-state index in [1.165, 1.54) is 6.07 Å². The molecule has 4 N–H and O–H groups in total. The summed E-state index contributed by atoms with van der Waals surface area (Å²) in [7, 11) is 0. The summed E-state index contributed by atoms with van der Waals surface area (Å²) in [6.07, 6.45) is 3.08. The molecule has 0 amide bonds. The second-order valence-electron chi connectivity index (χ2n) is 3.35. The van der Waals surface area contributed by atoms with Crippen LogP contribution in [0.15, 0.2) is 18.2 Å². The fourth-order valence-electron chi connectivity index (χ4n) is 1.35. The first-order valence-electron chi connectivity index (χ1n) is 5.01. The first-order valence-corrected chi connectivity index (χ1v) is 6.40. The van der Waals surface area contributed by atoms with E-state index in [0.717, 1.165) is 18.7 Å². The fraction of sp³-hybridized carbons (Fsp3) is 0.364. The van der Waals surface area contributed by atoms with E-state index in [4.69, 9.17) is 10.8 Å². The van der Waals surface area contributed by atoms with E-state index in [-0.39, 0.29) is 5.56 Å². The molecule has 1 aromatic carbocycles. The predicted molar refractivity (Wildman–Crippen MR) is 69.3 cm³/mol. The lowest BCUT2D eigenvalue weighted by Crippen LogP contribution is -2.09. The minimum Gasteiger partial charge on any atom is -0.478 e. The summed E-state index contributed by atoms with van der Waals surface area (Å²) in [6, 6.07) is 4.99. The molecule has 0 fully saturated rings. The van der Waals surface area contributed by atoms with E-state index >= 15 is 0 Å². The number of rotatable bonds is 6. The predicted octanol–water partition coefficient (Wildman–Crippen LogP) is 2.13. The van der Waals surface area contributed by atoms with Crippen molar-refractivity contribution in [3.63, 3.8) is 0 Å². The summed E-state index contributed by atoms with van der Waals surface area (Å²) < 4.78 is 0. The molecule has 0 bridgehead atoms. The Morgan fingerprint density at radius 1 is 1.56 bits per heavy atom. The molecule has 0 saturated carbocycles. The lowest BCUT2D eigenvalue weighted by molar-refractivity contribution is 0.0698. The summed E-state index contributed by atoms with van der Waals surface area (Å²) in [5.41, 5.74) is 6.90. The van der Waals surface area contributed by atoms with Crippen LogP contribution in [0.2, 0.25) is 0 Å². The lowest BCUT2D eigenvalue weighted by atomic mass is 10.1. The Bertz CT molecular complexity index is 369. The molecule has 0 saturated heterocycles. The molecule has 0 spiro atoms. The normalized spacial score (nSPS) is 10.1. The van der Waals surface area contributed by atoms with Crippen LogP contribution in [0.25, 0.3) is 0 Å². The largest absolute Gasteiger partial charge is 0.478 e. The third-order valence-electron chi connectivity index (χ3n) is 2.18. The molecule has 0 aliphatic carbocycles. The molecule has 88 valence electrons. The highest BCUT2D eigenvalue weighted by molar-refractivity contribution is 7.98. The smallest absolute Gasteiger partial charge is 0.337 e. The number of nitrogens with one attached hydrogen (secondary N) is 1. The van der Waals surface area contributed by atoms with Crippen LogP contribution < -0.4 is 11.1 Å². The minimum atomic E-state index is -0.995. The highest BCUT2D eigenvalue weighted by atomic mass is 32.2. The average molecular weight is 240 g/mol. The fourth-order valence-corrected chi connectivity index (χ4v) is 1.78. The van der Waals surface area contributed by atoms with Gasteiger partial charge in [-0.3, -0.25) is 0 Å². The first kappa shape index (κ1) is 12.7. The molecular weight excluding hydrogens is 224 g/mol. The summed E-state index contributed by atoms with van der Waals surface area (Å²) >= 11 is 1.78. The van der Waals surface area contributed by atoms with Gasteiger partial charge in [0.15, 0.2) is 0 Å². The van der Waals surface area contributed by atoms with Gasteiger partial charge in [0.1, 0.15) is 0 Å². The molecule has 0 aliphatic rings. The standard InChI is InChI=1S/C11H16N2O2S/c1-16-7-3-6-13-9-5-2-4-8(10(9)12)11(14)15/h2,4-5,13H,3,6-7,12H2,1H3,(H,14,15). The summed E-state index contributed by atoms with van der Waals surface area (Å²) in [6.45, 7) is 0.800. The van der Waals surface area contributed by atoms with Crippen molar-refractivity contribution < 1.29 is 9.90 Å². The number of carbonyl (C=O) groups is 1. The number of para-hydroxylation sites is 1. The molecule has 0 aromatic heterocycles. The van der Waals surface area contributed by atoms with E-state index in [9.17, 15) is 4.79 Å². The van der Waals surface area contributed by atoms with Crippen molar-refractivity contribution >= 4 is 29.1 Å². The van der Waals surface area contributed by atoms with Gasteiger partial charge in [0.25, 0.3) is 0 Å². The van der Waals surface area contributed by atoms with Crippen LogP contribution in [0.1, 0.15) is 16.8 Å². The van der Waals surface area contributed by atoms with Crippen LogP contribution in [0.5, 0.6) is 0 Å². The Balaban J connectivity index is 2.66. The zero-order valence-electron chi connectivity index (χ0n) is 9.19. The van der Waals surface area contributed by atoms with E-state index in [0.29, 0.717) is 11.4 Å². The second kappa shape index (κ2) is 6.27. The molecule has 0 unspecified atom stereocenters. The number of nitrogens with two attached hydrogens (primary N) is 1. The van der Waals surface area contributed by atoms with Crippen LogP contribution in [0.3, 0.4) is 0 Å². The third kappa shape index (κ3) is 3.34. The number of thioether (sulfide) groups is 1. The maximum atomic E-state index is 10.8. The molecule has 1 rings (SSSR count). The number of benzene rings is 1. The maximum absolute atomic E-state index is 10.8. The van der Waals surface area contributed by atoms with Gasteiger partial charge in [-0.1, -0.05) is 6.07 Å². The van der Waals surface area contributed by atoms with Crippen LogP contribution in [-0.2, 0) is 0 Å². The van der Waals surface area contributed by atoms with Gasteiger partial charge < -0.3 is 16.2 Å². The van der Waals surface area contributed by atoms with Gasteiger partial charge in [-0.05, 0) is 30.6 Å². The number of carboxylic acids is 1. The lowest BCUT2D eigenvalue weighted by Gasteiger charge is -2.10. The number of hydrogen-bond acceptors (Lipinski definition) is 4. The molecule has 0 aliphatic heterocycles. The Morgan fingerprint density at radius 2 is 2.31 bits per heavy atom. The van der Waals surface area contributed by atoms with Gasteiger partial charge in [-0.2, -0.15) is 11.8 Å². The first-order chi connectivity index (χ1) is 7.66. The van der Waals surface area contributed by atoms with Crippen LogP contribution in [-0.4, -0.2) is 29.6 Å². The van der Waals surface area contributed by atoms with Crippen molar-refractivity contribution in [1.29, 1.82) is 0 Å². The summed E-state index contributed by atoms with van der Waals surface area (Å²) in [4.78, 5) is 10.8. The van der Waals surface area contributed by atoms with E-state index < -0.39 is 5.97 Å². The quantitative estimate of drug-likeness (QED) is 0.524. The highest BCUT2D eigenvalue weighted by Crippen LogP contribution is 2.22. The average Bonchev–Trinajstić information content (AvgIpc) is 2.26. The number of aromatic carboxylic acids is 1. The molecule has 5 heteroatoms.